The summed E-state index contributed by atoms with van der Waals surface area (Å²) in [5.41, 5.74) is 4.43. The Bertz CT molecular complexity index is 956. The summed E-state index contributed by atoms with van der Waals surface area (Å²) in [6.45, 7) is 5.64. The van der Waals surface area contributed by atoms with Crippen LogP contribution in [-0.2, 0) is 11.3 Å². The molecule has 1 saturated heterocycles. The standard InChI is InChI=1S/C21H20Br2N2O3/c1-11-8-25(20(26)13-5-14(22)7-15(23)6-13)9-19(24-11)16-3-4-17-18(12(16)2)10-28-21(17)27/h3-7,11,19,24H,8-10H2,1-2H3/t11-,19-/m0/s1. The van der Waals surface area contributed by atoms with Crippen molar-refractivity contribution in [2.75, 3.05) is 13.1 Å². The summed E-state index contributed by atoms with van der Waals surface area (Å²) in [5, 5.41) is 3.60. The maximum absolute atomic E-state index is 13.1. The summed E-state index contributed by atoms with van der Waals surface area (Å²) >= 11 is 6.91. The number of carbonyl (C=O) groups is 2. The van der Waals surface area contributed by atoms with Crippen molar-refractivity contribution in [1.29, 1.82) is 0 Å². The molecule has 1 N–H and O–H groups in total. The number of nitrogens with zero attached hydrogens (tertiary/aromatic N) is 1. The molecule has 0 spiro atoms. The second-order valence-electron chi connectivity index (χ2n) is 7.37. The first-order chi connectivity index (χ1) is 13.3. The lowest BCUT2D eigenvalue weighted by Gasteiger charge is -2.38. The highest BCUT2D eigenvalue weighted by Gasteiger charge is 2.32. The van der Waals surface area contributed by atoms with Crippen molar-refractivity contribution in [2.45, 2.75) is 32.5 Å². The van der Waals surface area contributed by atoms with Gasteiger partial charge in [-0.25, -0.2) is 4.79 Å². The molecule has 28 heavy (non-hydrogen) atoms. The molecule has 2 aromatic carbocycles. The molecule has 2 aliphatic rings. The minimum atomic E-state index is -0.258. The number of cyclic esters (lactones) is 1. The third-order valence-electron chi connectivity index (χ3n) is 5.36. The van der Waals surface area contributed by atoms with Crippen molar-refractivity contribution in [3.8, 4) is 0 Å². The molecule has 1 amide bonds. The van der Waals surface area contributed by atoms with Crippen LogP contribution in [0.3, 0.4) is 0 Å². The first-order valence-electron chi connectivity index (χ1n) is 9.14. The van der Waals surface area contributed by atoms with Crippen LogP contribution in [0.15, 0.2) is 39.3 Å². The van der Waals surface area contributed by atoms with E-state index in [2.05, 4.69) is 44.1 Å². The molecule has 4 rings (SSSR count). The molecule has 1 fully saturated rings. The third kappa shape index (κ3) is 3.63. The zero-order chi connectivity index (χ0) is 20.0. The molecule has 0 bridgehead atoms. The largest absolute Gasteiger partial charge is 0.457 e. The fourth-order valence-corrected chi connectivity index (χ4v) is 5.33. The van der Waals surface area contributed by atoms with Crippen LogP contribution in [0.2, 0.25) is 0 Å². The van der Waals surface area contributed by atoms with Crippen LogP contribution in [-0.4, -0.2) is 35.9 Å². The predicted octanol–water partition coefficient (Wildman–Crippen LogP) is 4.37. The number of hydrogen-bond acceptors (Lipinski definition) is 4. The molecule has 2 aromatic rings. The summed E-state index contributed by atoms with van der Waals surface area (Å²) in [7, 11) is 0. The first-order valence-corrected chi connectivity index (χ1v) is 10.7. The highest BCUT2D eigenvalue weighted by atomic mass is 79.9. The molecule has 0 radical (unpaired) electrons. The maximum Gasteiger partial charge on any atom is 0.338 e. The van der Waals surface area contributed by atoms with Crippen LogP contribution >= 0.6 is 31.9 Å². The molecule has 2 atom stereocenters. The molecule has 0 unspecified atom stereocenters. The molecule has 0 saturated carbocycles. The normalized spacial score (nSPS) is 21.4. The van der Waals surface area contributed by atoms with Crippen molar-refractivity contribution in [3.05, 3.63) is 67.1 Å². The predicted molar refractivity (Wildman–Crippen MR) is 113 cm³/mol. The molecular formula is C21H20Br2N2O3. The van der Waals surface area contributed by atoms with Crippen LogP contribution in [0, 0.1) is 6.92 Å². The van der Waals surface area contributed by atoms with Gasteiger partial charge in [0.15, 0.2) is 0 Å². The van der Waals surface area contributed by atoms with Gasteiger partial charge in [0.05, 0.1) is 11.6 Å². The lowest BCUT2D eigenvalue weighted by atomic mass is 9.92. The van der Waals surface area contributed by atoms with Crippen molar-refractivity contribution >= 4 is 43.7 Å². The van der Waals surface area contributed by atoms with E-state index in [-0.39, 0.29) is 24.0 Å². The Balaban J connectivity index is 1.62. The van der Waals surface area contributed by atoms with Gasteiger partial charge in [0.25, 0.3) is 5.91 Å². The number of nitrogens with one attached hydrogen (secondary N) is 1. The van der Waals surface area contributed by atoms with E-state index in [4.69, 9.17) is 4.74 Å². The molecule has 5 nitrogen and oxygen atoms in total. The number of piperazine rings is 1. The Morgan fingerprint density at radius 1 is 1.18 bits per heavy atom. The fraction of sp³-hybridized carbons (Fsp3) is 0.333. The van der Waals surface area contributed by atoms with Crippen LogP contribution in [0.4, 0.5) is 0 Å². The van der Waals surface area contributed by atoms with E-state index in [1.54, 1.807) is 0 Å². The van der Waals surface area contributed by atoms with Gasteiger partial charge in [-0.3, -0.25) is 4.79 Å². The van der Waals surface area contributed by atoms with E-state index in [0.717, 1.165) is 25.6 Å². The van der Waals surface area contributed by atoms with Crippen molar-refractivity contribution < 1.29 is 14.3 Å². The van der Waals surface area contributed by atoms with Crippen LogP contribution in [0.1, 0.15) is 50.4 Å². The van der Waals surface area contributed by atoms with Gasteiger partial charge < -0.3 is 15.0 Å². The van der Waals surface area contributed by atoms with Crippen molar-refractivity contribution in [3.63, 3.8) is 0 Å². The van der Waals surface area contributed by atoms with E-state index >= 15 is 0 Å². The van der Waals surface area contributed by atoms with E-state index in [1.165, 1.54) is 0 Å². The number of carbonyl (C=O) groups excluding carboxylic acids is 2. The number of hydrogen-bond donors (Lipinski definition) is 1. The van der Waals surface area contributed by atoms with E-state index in [0.29, 0.717) is 30.8 Å². The van der Waals surface area contributed by atoms with Crippen molar-refractivity contribution in [2.24, 2.45) is 0 Å². The maximum atomic E-state index is 13.1. The minimum absolute atomic E-state index is 0.00398. The number of ether oxygens (including phenoxy) is 1. The highest BCUT2D eigenvalue weighted by Crippen LogP contribution is 2.31. The topological polar surface area (TPSA) is 58.6 Å². The molecule has 0 aliphatic carbocycles. The summed E-state index contributed by atoms with van der Waals surface area (Å²) in [6, 6.07) is 9.59. The summed E-state index contributed by atoms with van der Waals surface area (Å²) < 4.78 is 6.90. The average molecular weight is 508 g/mol. The van der Waals surface area contributed by atoms with Gasteiger partial charge in [0.1, 0.15) is 6.61 Å². The SMILES string of the molecule is Cc1c([C@@H]2CN(C(=O)c3cc(Br)cc(Br)c3)C[C@H](C)N2)ccc2c1COC2=O. The Hall–Kier alpha value is -1.70. The van der Waals surface area contributed by atoms with Gasteiger partial charge >= 0.3 is 5.97 Å². The molecular weight excluding hydrogens is 488 g/mol. The second-order valence-corrected chi connectivity index (χ2v) is 9.20. The summed E-state index contributed by atoms with van der Waals surface area (Å²) in [4.78, 5) is 26.8. The smallest absolute Gasteiger partial charge is 0.338 e. The monoisotopic (exact) mass is 506 g/mol. The molecule has 146 valence electrons. The van der Waals surface area contributed by atoms with Gasteiger partial charge in [-0.2, -0.15) is 0 Å². The van der Waals surface area contributed by atoms with Crippen molar-refractivity contribution in [1.82, 2.24) is 10.2 Å². The van der Waals surface area contributed by atoms with E-state index in [1.807, 2.05) is 42.2 Å². The third-order valence-corrected chi connectivity index (χ3v) is 6.28. The number of halogens is 2. The van der Waals surface area contributed by atoms with Crippen LogP contribution in [0.25, 0.3) is 0 Å². The highest BCUT2D eigenvalue weighted by molar-refractivity contribution is 9.11. The molecule has 2 heterocycles. The lowest BCUT2D eigenvalue weighted by Crippen LogP contribution is -2.53. The summed E-state index contributed by atoms with van der Waals surface area (Å²) in [6.07, 6.45) is 0. The lowest BCUT2D eigenvalue weighted by molar-refractivity contribution is 0.0534. The Morgan fingerprint density at radius 3 is 2.61 bits per heavy atom. The van der Waals surface area contributed by atoms with Gasteiger partial charge in [-0.05, 0) is 49.2 Å². The van der Waals surface area contributed by atoms with Gasteiger partial charge in [0.2, 0.25) is 0 Å². The number of rotatable bonds is 2. The zero-order valence-electron chi connectivity index (χ0n) is 15.6. The molecule has 0 aromatic heterocycles. The van der Waals surface area contributed by atoms with Crippen LogP contribution in [0.5, 0.6) is 0 Å². The molecule has 2 aliphatic heterocycles. The Kier molecular flexibility index (Phi) is 5.33. The van der Waals surface area contributed by atoms with Gasteiger partial charge in [-0.15, -0.1) is 0 Å². The number of fused-ring (bicyclic) bond motifs is 1. The average Bonchev–Trinajstić information content (AvgIpc) is 3.02. The van der Waals surface area contributed by atoms with E-state index in [9.17, 15) is 9.59 Å². The quantitative estimate of drug-likeness (QED) is 0.613. The van der Waals surface area contributed by atoms with E-state index < -0.39 is 0 Å². The fourth-order valence-electron chi connectivity index (χ4n) is 4.03. The first kappa shape index (κ1) is 19.6. The minimum Gasteiger partial charge on any atom is -0.457 e. The van der Waals surface area contributed by atoms with Gasteiger partial charge in [0, 0.05) is 39.2 Å². The zero-order valence-corrected chi connectivity index (χ0v) is 18.8. The number of amides is 1. The summed E-state index contributed by atoms with van der Waals surface area (Å²) in [5.74, 6) is -0.246. The molecule has 7 heteroatoms. The second kappa shape index (κ2) is 7.61. The number of benzene rings is 2. The van der Waals surface area contributed by atoms with Crippen LogP contribution < -0.4 is 5.32 Å². The number of esters is 1. The Labute approximate surface area is 180 Å². The van der Waals surface area contributed by atoms with Gasteiger partial charge in [-0.1, -0.05) is 37.9 Å². The Morgan fingerprint density at radius 2 is 1.89 bits per heavy atom.